The Balaban J connectivity index is 1.81. The minimum Gasteiger partial charge on any atom is -0.319 e. The lowest BCUT2D eigenvalue weighted by Gasteiger charge is -2.09. The SMILES string of the molecule is Cc1cc(C)n(Cc2cccc(C(=O)Nc3c(C)nn(C)c3C)c2)n1. The van der Waals surface area contributed by atoms with E-state index in [1.165, 1.54) is 0 Å². The molecule has 0 aliphatic rings. The van der Waals surface area contributed by atoms with E-state index in [0.29, 0.717) is 12.1 Å². The molecule has 0 fully saturated rings. The molecule has 0 aliphatic heterocycles. The van der Waals surface area contributed by atoms with Crippen molar-refractivity contribution in [3.05, 3.63) is 64.2 Å². The zero-order valence-electron chi connectivity index (χ0n) is 15.3. The number of aromatic nitrogens is 4. The lowest BCUT2D eigenvalue weighted by Crippen LogP contribution is -2.14. The van der Waals surface area contributed by atoms with Crippen LogP contribution in [0.15, 0.2) is 30.3 Å². The van der Waals surface area contributed by atoms with Gasteiger partial charge in [0.05, 0.1) is 29.3 Å². The third-order valence-electron chi connectivity index (χ3n) is 4.37. The van der Waals surface area contributed by atoms with Gasteiger partial charge in [-0.25, -0.2) is 0 Å². The molecule has 0 spiro atoms. The van der Waals surface area contributed by atoms with Gasteiger partial charge in [0.2, 0.25) is 0 Å². The van der Waals surface area contributed by atoms with Crippen LogP contribution in [-0.2, 0) is 13.6 Å². The van der Waals surface area contributed by atoms with E-state index in [-0.39, 0.29) is 5.91 Å². The summed E-state index contributed by atoms with van der Waals surface area (Å²) >= 11 is 0. The molecule has 0 bridgehead atoms. The van der Waals surface area contributed by atoms with Crippen LogP contribution in [0.4, 0.5) is 5.69 Å². The molecule has 0 radical (unpaired) electrons. The van der Waals surface area contributed by atoms with Crippen molar-refractivity contribution < 1.29 is 4.79 Å². The van der Waals surface area contributed by atoms with Gasteiger partial charge in [0, 0.05) is 18.3 Å². The summed E-state index contributed by atoms with van der Waals surface area (Å²) in [6, 6.07) is 9.69. The van der Waals surface area contributed by atoms with Crippen LogP contribution in [0.25, 0.3) is 0 Å². The Hall–Kier alpha value is -2.89. The van der Waals surface area contributed by atoms with Crippen molar-refractivity contribution in [1.29, 1.82) is 0 Å². The normalized spacial score (nSPS) is 10.9. The molecule has 25 heavy (non-hydrogen) atoms. The topological polar surface area (TPSA) is 64.7 Å². The van der Waals surface area contributed by atoms with E-state index in [1.54, 1.807) is 4.68 Å². The first-order valence-corrected chi connectivity index (χ1v) is 8.26. The number of hydrogen-bond acceptors (Lipinski definition) is 3. The number of nitrogens with zero attached hydrogens (tertiary/aromatic N) is 4. The summed E-state index contributed by atoms with van der Waals surface area (Å²) in [5.74, 6) is -0.130. The summed E-state index contributed by atoms with van der Waals surface area (Å²) in [7, 11) is 1.87. The lowest BCUT2D eigenvalue weighted by molar-refractivity contribution is 0.102. The Morgan fingerprint density at radius 1 is 1.12 bits per heavy atom. The number of aryl methyl sites for hydroxylation is 4. The number of carbonyl (C=O) groups excluding carboxylic acids is 1. The fourth-order valence-electron chi connectivity index (χ4n) is 2.96. The zero-order valence-corrected chi connectivity index (χ0v) is 15.3. The molecule has 3 rings (SSSR count). The Morgan fingerprint density at radius 2 is 1.88 bits per heavy atom. The van der Waals surface area contributed by atoms with Gasteiger partial charge in [-0.15, -0.1) is 0 Å². The molecule has 1 N–H and O–H groups in total. The van der Waals surface area contributed by atoms with Crippen molar-refractivity contribution in [3.8, 4) is 0 Å². The van der Waals surface area contributed by atoms with E-state index in [9.17, 15) is 4.79 Å². The maximum Gasteiger partial charge on any atom is 0.255 e. The molecule has 0 saturated carbocycles. The third-order valence-corrected chi connectivity index (χ3v) is 4.37. The summed E-state index contributed by atoms with van der Waals surface area (Å²) in [5.41, 5.74) is 6.29. The van der Waals surface area contributed by atoms with Gasteiger partial charge in [-0.2, -0.15) is 10.2 Å². The van der Waals surface area contributed by atoms with Crippen molar-refractivity contribution in [3.63, 3.8) is 0 Å². The number of benzene rings is 1. The van der Waals surface area contributed by atoms with Crippen LogP contribution in [0.3, 0.4) is 0 Å². The van der Waals surface area contributed by atoms with Crippen LogP contribution in [-0.4, -0.2) is 25.5 Å². The molecule has 0 saturated heterocycles. The summed E-state index contributed by atoms with van der Waals surface area (Å²) in [5, 5.41) is 11.8. The fraction of sp³-hybridized carbons (Fsp3) is 0.316. The largest absolute Gasteiger partial charge is 0.319 e. The minimum atomic E-state index is -0.130. The Morgan fingerprint density at radius 3 is 2.48 bits per heavy atom. The van der Waals surface area contributed by atoms with Gasteiger partial charge in [0.15, 0.2) is 0 Å². The molecular formula is C19H23N5O. The molecule has 6 nitrogen and oxygen atoms in total. The smallest absolute Gasteiger partial charge is 0.255 e. The van der Waals surface area contributed by atoms with E-state index in [1.807, 2.05) is 69.8 Å². The van der Waals surface area contributed by atoms with Crippen LogP contribution in [0.5, 0.6) is 0 Å². The summed E-state index contributed by atoms with van der Waals surface area (Å²) in [4.78, 5) is 12.6. The second kappa shape index (κ2) is 6.55. The average Bonchev–Trinajstić information content (AvgIpc) is 3.00. The second-order valence-electron chi connectivity index (χ2n) is 6.41. The minimum absolute atomic E-state index is 0.130. The van der Waals surface area contributed by atoms with Crippen molar-refractivity contribution in [2.45, 2.75) is 34.2 Å². The van der Waals surface area contributed by atoms with E-state index in [0.717, 1.165) is 34.0 Å². The Labute approximate surface area is 147 Å². The summed E-state index contributed by atoms with van der Waals surface area (Å²) in [6.07, 6.45) is 0. The van der Waals surface area contributed by atoms with E-state index in [4.69, 9.17) is 0 Å². The van der Waals surface area contributed by atoms with E-state index < -0.39 is 0 Å². The number of nitrogens with one attached hydrogen (secondary N) is 1. The molecule has 0 unspecified atom stereocenters. The van der Waals surface area contributed by atoms with Gasteiger partial charge in [-0.1, -0.05) is 12.1 Å². The van der Waals surface area contributed by atoms with Gasteiger partial charge >= 0.3 is 0 Å². The van der Waals surface area contributed by atoms with Crippen LogP contribution >= 0.6 is 0 Å². The summed E-state index contributed by atoms with van der Waals surface area (Å²) < 4.78 is 3.71. The van der Waals surface area contributed by atoms with Crippen LogP contribution < -0.4 is 5.32 Å². The fourth-order valence-corrected chi connectivity index (χ4v) is 2.96. The monoisotopic (exact) mass is 337 g/mol. The van der Waals surface area contributed by atoms with Crippen molar-refractivity contribution in [2.24, 2.45) is 7.05 Å². The molecular weight excluding hydrogens is 314 g/mol. The van der Waals surface area contributed by atoms with Gasteiger partial charge in [0.25, 0.3) is 5.91 Å². The molecule has 0 atom stereocenters. The van der Waals surface area contributed by atoms with Gasteiger partial charge in [0.1, 0.15) is 0 Å². The molecule has 2 aromatic heterocycles. The standard InChI is InChI=1S/C19H23N5O/c1-12-9-13(2)24(21-12)11-16-7-6-8-17(10-16)19(25)20-18-14(3)22-23(5)15(18)4/h6-10H,11H2,1-5H3,(H,20,25). The number of rotatable bonds is 4. The Bertz CT molecular complexity index is 935. The summed E-state index contributed by atoms with van der Waals surface area (Å²) in [6.45, 7) is 8.49. The van der Waals surface area contributed by atoms with Gasteiger partial charge < -0.3 is 5.32 Å². The second-order valence-corrected chi connectivity index (χ2v) is 6.41. The quantitative estimate of drug-likeness (QED) is 0.795. The Kier molecular flexibility index (Phi) is 4.44. The number of amides is 1. The molecule has 2 heterocycles. The number of hydrogen-bond donors (Lipinski definition) is 1. The predicted molar refractivity (Wildman–Crippen MR) is 97.9 cm³/mol. The van der Waals surface area contributed by atoms with Gasteiger partial charge in [-0.3, -0.25) is 14.2 Å². The molecule has 1 aromatic carbocycles. The molecule has 3 aromatic rings. The predicted octanol–water partition coefficient (Wildman–Crippen LogP) is 3.15. The van der Waals surface area contributed by atoms with Gasteiger partial charge in [-0.05, 0) is 51.5 Å². The maximum absolute atomic E-state index is 12.6. The number of anilines is 1. The first kappa shape index (κ1) is 17.0. The van der Waals surface area contributed by atoms with Crippen LogP contribution in [0.2, 0.25) is 0 Å². The maximum atomic E-state index is 12.6. The molecule has 1 amide bonds. The van der Waals surface area contributed by atoms with Crippen LogP contribution in [0.1, 0.15) is 38.7 Å². The number of carbonyl (C=O) groups is 1. The highest BCUT2D eigenvalue weighted by atomic mass is 16.1. The van der Waals surface area contributed by atoms with E-state index >= 15 is 0 Å². The average molecular weight is 337 g/mol. The highest BCUT2D eigenvalue weighted by Crippen LogP contribution is 2.19. The first-order valence-electron chi connectivity index (χ1n) is 8.26. The highest BCUT2D eigenvalue weighted by Gasteiger charge is 2.14. The van der Waals surface area contributed by atoms with Crippen molar-refractivity contribution in [2.75, 3.05) is 5.32 Å². The van der Waals surface area contributed by atoms with Crippen molar-refractivity contribution >= 4 is 11.6 Å². The van der Waals surface area contributed by atoms with E-state index in [2.05, 4.69) is 15.5 Å². The molecule has 6 heteroatoms. The lowest BCUT2D eigenvalue weighted by atomic mass is 10.1. The zero-order chi connectivity index (χ0) is 18.1. The van der Waals surface area contributed by atoms with Crippen molar-refractivity contribution in [1.82, 2.24) is 19.6 Å². The van der Waals surface area contributed by atoms with Crippen LogP contribution in [0, 0.1) is 27.7 Å². The molecule has 130 valence electrons. The highest BCUT2D eigenvalue weighted by molar-refractivity contribution is 6.05. The third kappa shape index (κ3) is 3.47. The molecule has 0 aliphatic carbocycles. The first-order chi connectivity index (χ1) is 11.8.